The van der Waals surface area contributed by atoms with Gasteiger partial charge in [0.25, 0.3) is 10.1 Å². The molecule has 19 heavy (non-hydrogen) atoms. The van der Waals surface area contributed by atoms with Crippen LogP contribution in [0.15, 0.2) is 0 Å². The Morgan fingerprint density at radius 1 is 1.05 bits per heavy atom. The summed E-state index contributed by atoms with van der Waals surface area (Å²) in [5, 5.41) is 3.16. The Morgan fingerprint density at radius 3 is 1.37 bits per heavy atom. The van der Waals surface area contributed by atoms with Gasteiger partial charge < -0.3 is 10.1 Å². The van der Waals surface area contributed by atoms with E-state index in [0.717, 1.165) is 26.3 Å². The minimum Gasteiger partial charge on any atom is -0.379 e. The predicted octanol–water partition coefficient (Wildman–Crippen LogP) is -0.496. The van der Waals surface area contributed by atoms with Crippen molar-refractivity contribution in [2.75, 3.05) is 32.6 Å². The second-order valence-corrected chi connectivity index (χ2v) is 5.90. The van der Waals surface area contributed by atoms with Gasteiger partial charge in [0.1, 0.15) is 0 Å². The van der Waals surface area contributed by atoms with Gasteiger partial charge >= 0.3 is 15.6 Å². The fourth-order valence-corrected chi connectivity index (χ4v) is 0.516. The maximum atomic E-state index is 10.7. The van der Waals surface area contributed by atoms with Gasteiger partial charge in [-0.3, -0.25) is 9.11 Å². The average molecular weight is 333 g/mol. The average Bonchev–Trinajstić information content (AvgIpc) is 2.15. The molecule has 1 saturated heterocycles. The summed E-state index contributed by atoms with van der Waals surface area (Å²) >= 11 is 0. The summed E-state index contributed by atoms with van der Waals surface area (Å²) < 4.78 is 88.4. The number of rotatable bonds is 0. The third-order valence-electron chi connectivity index (χ3n) is 1.14. The first-order chi connectivity index (χ1) is 8.25. The molecule has 0 amide bonds. The van der Waals surface area contributed by atoms with Crippen molar-refractivity contribution in [3.63, 3.8) is 0 Å². The van der Waals surface area contributed by atoms with E-state index in [4.69, 9.17) is 22.3 Å². The van der Waals surface area contributed by atoms with Gasteiger partial charge in [0.2, 0.25) is 0 Å². The standard InChI is InChI=1S/C4H9NO.CHF3O3S.CH4O3S/c1-3-6-4-2-5-1;2-1(3,4)8(5,6)7;1-5(2,3)4/h5H,1-4H2;(H,5,6,7);1H3,(H,2,3,4). The molecule has 1 heterocycles. The molecule has 0 radical (unpaired) electrons. The third-order valence-corrected chi connectivity index (χ3v) is 1.72. The fraction of sp³-hybridized carbons (Fsp3) is 1.00. The van der Waals surface area contributed by atoms with E-state index in [1.54, 1.807) is 0 Å². The van der Waals surface area contributed by atoms with Crippen molar-refractivity contribution in [1.82, 2.24) is 5.32 Å². The van der Waals surface area contributed by atoms with E-state index >= 15 is 0 Å². The van der Waals surface area contributed by atoms with E-state index in [1.807, 2.05) is 0 Å². The Labute approximate surface area is 108 Å². The topological polar surface area (TPSA) is 130 Å². The van der Waals surface area contributed by atoms with Crippen molar-refractivity contribution in [2.45, 2.75) is 5.51 Å². The van der Waals surface area contributed by atoms with Gasteiger partial charge in [0, 0.05) is 13.1 Å². The number of ether oxygens (including phenoxy) is 1. The highest BCUT2D eigenvalue weighted by Gasteiger charge is 2.44. The first kappa shape index (κ1) is 20.8. The zero-order valence-electron chi connectivity index (χ0n) is 9.71. The summed E-state index contributed by atoms with van der Waals surface area (Å²) in [7, 11) is -9.51. The van der Waals surface area contributed by atoms with Crippen LogP contribution in [0.25, 0.3) is 0 Å². The normalized spacial score (nSPS) is 16.5. The van der Waals surface area contributed by atoms with Gasteiger partial charge in [-0.25, -0.2) is 0 Å². The van der Waals surface area contributed by atoms with Crippen LogP contribution in [0.3, 0.4) is 0 Å². The van der Waals surface area contributed by atoms with Crippen LogP contribution in [-0.2, 0) is 25.0 Å². The molecular weight excluding hydrogens is 319 g/mol. The third kappa shape index (κ3) is 20.0. The molecule has 0 atom stereocenters. The smallest absolute Gasteiger partial charge is 0.379 e. The Balaban J connectivity index is 0. The summed E-state index contributed by atoms with van der Waals surface area (Å²) in [6, 6.07) is 0. The molecule has 0 unspecified atom stereocenters. The Morgan fingerprint density at radius 2 is 1.32 bits per heavy atom. The van der Waals surface area contributed by atoms with E-state index in [-0.39, 0.29) is 0 Å². The molecule has 0 aromatic heterocycles. The van der Waals surface area contributed by atoms with Gasteiger partial charge in [-0.15, -0.1) is 0 Å². The molecule has 0 saturated carbocycles. The first-order valence-corrected chi connectivity index (χ1v) is 7.78. The number of halogens is 3. The Kier molecular flexibility index (Phi) is 9.49. The van der Waals surface area contributed by atoms with Crippen molar-refractivity contribution < 1.29 is 43.8 Å². The lowest BCUT2D eigenvalue weighted by molar-refractivity contribution is -0.0510. The second kappa shape index (κ2) is 8.65. The SMILES string of the molecule is C1COCCN1.CS(=O)(=O)O.O=S(=O)(O)C(F)(F)F. The summed E-state index contributed by atoms with van der Waals surface area (Å²) in [5.74, 6) is 0. The zero-order chi connectivity index (χ0) is 15.7. The molecule has 13 heteroatoms. The number of nitrogens with one attached hydrogen (secondary N) is 1. The Bertz CT molecular complexity index is 407. The van der Waals surface area contributed by atoms with Gasteiger partial charge in [-0.2, -0.15) is 30.0 Å². The molecule has 0 aromatic rings. The van der Waals surface area contributed by atoms with Crippen LogP contribution in [0, 0.1) is 0 Å². The Hall–Kier alpha value is -0.470. The highest BCUT2D eigenvalue weighted by molar-refractivity contribution is 7.86. The summed E-state index contributed by atoms with van der Waals surface area (Å²) in [4.78, 5) is 0. The van der Waals surface area contributed by atoms with Crippen LogP contribution in [0.4, 0.5) is 13.2 Å². The van der Waals surface area contributed by atoms with Gasteiger partial charge in [-0.05, 0) is 0 Å². The van der Waals surface area contributed by atoms with Gasteiger partial charge in [0.15, 0.2) is 0 Å². The molecule has 1 aliphatic rings. The lowest BCUT2D eigenvalue weighted by atomic mass is 10.5. The lowest BCUT2D eigenvalue weighted by Gasteiger charge is -2.10. The molecule has 0 aromatic carbocycles. The van der Waals surface area contributed by atoms with Crippen molar-refractivity contribution in [2.24, 2.45) is 0 Å². The monoisotopic (exact) mass is 333 g/mol. The van der Waals surface area contributed by atoms with Gasteiger partial charge in [-0.1, -0.05) is 0 Å². The van der Waals surface area contributed by atoms with E-state index in [9.17, 15) is 21.6 Å². The van der Waals surface area contributed by atoms with Crippen LogP contribution in [0.1, 0.15) is 0 Å². The largest absolute Gasteiger partial charge is 0.522 e. The first-order valence-electron chi connectivity index (χ1n) is 4.50. The fourth-order valence-electron chi connectivity index (χ4n) is 0.516. The van der Waals surface area contributed by atoms with Crippen LogP contribution in [0.5, 0.6) is 0 Å². The molecule has 3 N–H and O–H groups in total. The molecule has 1 aliphatic heterocycles. The number of alkyl halides is 3. The highest BCUT2D eigenvalue weighted by atomic mass is 32.2. The van der Waals surface area contributed by atoms with Crippen molar-refractivity contribution in [3.8, 4) is 0 Å². The van der Waals surface area contributed by atoms with Crippen LogP contribution in [0.2, 0.25) is 0 Å². The van der Waals surface area contributed by atoms with E-state index in [2.05, 4.69) is 5.32 Å². The van der Waals surface area contributed by atoms with Gasteiger partial charge in [0.05, 0.1) is 19.5 Å². The summed E-state index contributed by atoms with van der Waals surface area (Å²) in [6.07, 6.45) is 0.715. The number of hydrogen-bond acceptors (Lipinski definition) is 6. The van der Waals surface area contributed by atoms with Crippen LogP contribution >= 0.6 is 0 Å². The maximum absolute atomic E-state index is 10.7. The van der Waals surface area contributed by atoms with E-state index in [0.29, 0.717) is 6.26 Å². The number of morpholine rings is 1. The molecule has 8 nitrogen and oxygen atoms in total. The van der Waals surface area contributed by atoms with Crippen LogP contribution in [-0.4, -0.2) is 64.0 Å². The molecular formula is C6H14F3NO7S2. The quantitative estimate of drug-likeness (QED) is 0.400. The highest BCUT2D eigenvalue weighted by Crippen LogP contribution is 2.20. The molecule has 1 fully saturated rings. The summed E-state index contributed by atoms with van der Waals surface area (Å²) in [5.41, 5.74) is -5.53. The van der Waals surface area contributed by atoms with E-state index < -0.39 is 25.7 Å². The minimum atomic E-state index is -5.84. The zero-order valence-corrected chi connectivity index (χ0v) is 11.3. The van der Waals surface area contributed by atoms with E-state index in [1.165, 1.54) is 0 Å². The molecule has 1 rings (SSSR count). The van der Waals surface area contributed by atoms with Crippen molar-refractivity contribution >= 4 is 20.2 Å². The molecule has 118 valence electrons. The lowest BCUT2D eigenvalue weighted by Crippen LogP contribution is -2.30. The second-order valence-electron chi connectivity index (χ2n) is 3.02. The summed E-state index contributed by atoms with van der Waals surface area (Å²) in [6.45, 7) is 3.83. The maximum Gasteiger partial charge on any atom is 0.522 e. The number of hydrogen-bond donors (Lipinski definition) is 3. The molecule has 0 aliphatic carbocycles. The minimum absolute atomic E-state index is 0.715. The van der Waals surface area contributed by atoms with Crippen molar-refractivity contribution in [1.29, 1.82) is 0 Å². The van der Waals surface area contributed by atoms with Crippen molar-refractivity contribution in [3.05, 3.63) is 0 Å². The van der Waals surface area contributed by atoms with Crippen LogP contribution < -0.4 is 5.32 Å². The predicted molar refractivity (Wildman–Crippen MR) is 58.8 cm³/mol. The molecule has 0 spiro atoms. The molecule has 0 bridgehead atoms.